The Balaban J connectivity index is 2.33. The molecule has 0 radical (unpaired) electrons. The lowest BCUT2D eigenvalue weighted by atomic mass is 10.2. The van der Waals surface area contributed by atoms with E-state index in [0.29, 0.717) is 0 Å². The minimum absolute atomic E-state index is 0.751. The molecule has 0 aliphatic carbocycles. The van der Waals surface area contributed by atoms with Gasteiger partial charge < -0.3 is 0 Å². The Morgan fingerprint density at radius 1 is 0.842 bits per heavy atom. The summed E-state index contributed by atoms with van der Waals surface area (Å²) in [6, 6.07) is 13.8. The number of hydrogen-bond acceptors (Lipinski definition) is 2. The van der Waals surface area contributed by atoms with Gasteiger partial charge in [0.2, 0.25) is 0 Å². The summed E-state index contributed by atoms with van der Waals surface area (Å²) >= 11 is 14.4. The number of benzene rings is 2. The molecule has 0 aliphatic heterocycles. The molecular formula is C15H7Cl2NS. The van der Waals surface area contributed by atoms with Gasteiger partial charge in [0.1, 0.15) is 0 Å². The maximum absolute atomic E-state index is 6.53. The van der Waals surface area contributed by atoms with E-state index in [0.717, 1.165) is 41.3 Å². The van der Waals surface area contributed by atoms with Gasteiger partial charge in [0.15, 0.2) is 0 Å². The number of aromatic nitrogens is 1. The molecule has 0 fully saturated rings. The van der Waals surface area contributed by atoms with E-state index in [1.54, 1.807) is 11.3 Å². The highest BCUT2D eigenvalue weighted by Crippen LogP contribution is 2.42. The summed E-state index contributed by atoms with van der Waals surface area (Å²) in [7, 11) is 0. The first-order valence-electron chi connectivity index (χ1n) is 5.80. The topological polar surface area (TPSA) is 12.9 Å². The van der Waals surface area contributed by atoms with Crippen LogP contribution in [0, 0.1) is 0 Å². The zero-order valence-corrected chi connectivity index (χ0v) is 12.0. The molecule has 0 N–H and O–H groups in total. The molecular weight excluding hydrogens is 297 g/mol. The molecule has 0 bridgehead atoms. The van der Waals surface area contributed by atoms with Gasteiger partial charge >= 0.3 is 0 Å². The van der Waals surface area contributed by atoms with Gasteiger partial charge in [-0.15, -0.1) is 11.3 Å². The van der Waals surface area contributed by atoms with Crippen LogP contribution in [-0.2, 0) is 0 Å². The third-order valence-corrected chi connectivity index (χ3v) is 5.39. The van der Waals surface area contributed by atoms with Crippen LogP contribution < -0.4 is 0 Å². The molecule has 2 heterocycles. The molecule has 19 heavy (non-hydrogen) atoms. The van der Waals surface area contributed by atoms with Crippen molar-refractivity contribution in [2.45, 2.75) is 0 Å². The van der Waals surface area contributed by atoms with Gasteiger partial charge in [-0.2, -0.15) is 0 Å². The van der Waals surface area contributed by atoms with Crippen LogP contribution in [-0.4, -0.2) is 4.98 Å². The van der Waals surface area contributed by atoms with Gasteiger partial charge in [-0.3, -0.25) is 0 Å². The fourth-order valence-corrected chi connectivity index (χ4v) is 4.08. The van der Waals surface area contributed by atoms with Crippen LogP contribution in [0.2, 0.25) is 10.0 Å². The van der Waals surface area contributed by atoms with Crippen LogP contribution in [0.3, 0.4) is 0 Å². The number of nitrogens with zero attached hydrogens (tertiary/aromatic N) is 1. The number of hydrogen-bond donors (Lipinski definition) is 0. The molecule has 92 valence electrons. The summed E-state index contributed by atoms with van der Waals surface area (Å²) in [6.45, 7) is 0. The van der Waals surface area contributed by atoms with Crippen LogP contribution in [0.15, 0.2) is 42.5 Å². The molecule has 2 aromatic heterocycles. The van der Waals surface area contributed by atoms with Crippen molar-refractivity contribution in [1.29, 1.82) is 0 Å². The maximum Gasteiger partial charge on any atom is 0.0911 e. The smallest absolute Gasteiger partial charge is 0.0911 e. The number of rotatable bonds is 0. The summed E-state index contributed by atoms with van der Waals surface area (Å²) in [5, 5.41) is 3.57. The van der Waals surface area contributed by atoms with Crippen molar-refractivity contribution < 1.29 is 0 Å². The quantitative estimate of drug-likeness (QED) is 0.393. The Bertz CT molecular complexity index is 943. The predicted molar refractivity (Wildman–Crippen MR) is 84.7 cm³/mol. The second-order valence-corrected chi connectivity index (χ2v) is 6.15. The average molecular weight is 304 g/mol. The van der Waals surface area contributed by atoms with E-state index in [1.165, 1.54) is 0 Å². The van der Waals surface area contributed by atoms with Gasteiger partial charge in [0, 0.05) is 10.8 Å². The molecule has 0 aliphatic rings. The van der Waals surface area contributed by atoms with Gasteiger partial charge in [-0.25, -0.2) is 4.98 Å². The second kappa shape index (κ2) is 4.07. The Morgan fingerprint density at radius 2 is 1.63 bits per heavy atom. The zero-order chi connectivity index (χ0) is 13.0. The van der Waals surface area contributed by atoms with Crippen molar-refractivity contribution >= 4 is 65.7 Å². The minimum atomic E-state index is 0.751. The standard InChI is InChI=1S/C15H7Cl2NS/c16-10-6-3-5-9-13-15(19-14(9)10)12(17)8-4-1-2-7-11(8)18-13/h1-7H. The lowest BCUT2D eigenvalue weighted by Crippen LogP contribution is -1.80. The molecule has 0 saturated heterocycles. The van der Waals surface area contributed by atoms with Gasteiger partial charge in [0.05, 0.1) is 30.5 Å². The van der Waals surface area contributed by atoms with Crippen LogP contribution >= 0.6 is 34.5 Å². The van der Waals surface area contributed by atoms with E-state index in [4.69, 9.17) is 28.2 Å². The molecule has 0 atom stereocenters. The van der Waals surface area contributed by atoms with Crippen LogP contribution in [0.4, 0.5) is 0 Å². The first kappa shape index (κ1) is 11.5. The maximum atomic E-state index is 6.53. The number of pyridine rings is 1. The van der Waals surface area contributed by atoms with Crippen molar-refractivity contribution in [2.75, 3.05) is 0 Å². The van der Waals surface area contributed by atoms with Crippen LogP contribution in [0.5, 0.6) is 0 Å². The molecule has 1 nitrogen and oxygen atoms in total. The highest BCUT2D eigenvalue weighted by Gasteiger charge is 2.14. The van der Waals surface area contributed by atoms with Crippen LogP contribution in [0.1, 0.15) is 0 Å². The molecule has 4 heteroatoms. The summed E-state index contributed by atoms with van der Waals surface area (Å²) in [5.41, 5.74) is 1.85. The summed E-state index contributed by atoms with van der Waals surface area (Å²) in [5.74, 6) is 0. The molecule has 4 aromatic rings. The number of thiophene rings is 1. The number of para-hydroxylation sites is 1. The van der Waals surface area contributed by atoms with Gasteiger partial charge in [-0.1, -0.05) is 53.5 Å². The Hall–Kier alpha value is -1.35. The van der Waals surface area contributed by atoms with E-state index in [1.807, 2.05) is 42.5 Å². The highest BCUT2D eigenvalue weighted by atomic mass is 35.5. The number of fused-ring (bicyclic) bond motifs is 4. The lowest BCUT2D eigenvalue weighted by molar-refractivity contribution is 1.53. The second-order valence-electron chi connectivity index (χ2n) is 4.34. The summed E-state index contributed by atoms with van der Waals surface area (Å²) < 4.78 is 2.05. The molecule has 0 unspecified atom stereocenters. The van der Waals surface area contributed by atoms with Crippen molar-refractivity contribution in [3.8, 4) is 0 Å². The SMILES string of the molecule is Clc1cccc2c1sc1c(Cl)c3ccccc3nc12. The van der Waals surface area contributed by atoms with Crippen molar-refractivity contribution in [3.05, 3.63) is 52.5 Å². The first-order valence-corrected chi connectivity index (χ1v) is 7.38. The molecule has 2 aromatic carbocycles. The fourth-order valence-electron chi connectivity index (χ4n) is 2.33. The monoisotopic (exact) mass is 303 g/mol. The minimum Gasteiger partial charge on any atom is -0.246 e. The third-order valence-electron chi connectivity index (χ3n) is 3.21. The van der Waals surface area contributed by atoms with Crippen molar-refractivity contribution in [3.63, 3.8) is 0 Å². The van der Waals surface area contributed by atoms with Gasteiger partial charge in [-0.05, 0) is 12.1 Å². The first-order chi connectivity index (χ1) is 9.25. The lowest BCUT2D eigenvalue weighted by Gasteiger charge is -2.01. The van der Waals surface area contributed by atoms with E-state index >= 15 is 0 Å². The Labute approximate surface area is 123 Å². The number of halogens is 2. The predicted octanol–water partition coefficient (Wildman–Crippen LogP) is 5.91. The van der Waals surface area contributed by atoms with E-state index in [-0.39, 0.29) is 0 Å². The molecule has 0 saturated carbocycles. The highest BCUT2D eigenvalue weighted by molar-refractivity contribution is 7.27. The van der Waals surface area contributed by atoms with Crippen molar-refractivity contribution in [1.82, 2.24) is 4.98 Å². The van der Waals surface area contributed by atoms with Crippen LogP contribution in [0.25, 0.3) is 31.2 Å². The van der Waals surface area contributed by atoms with Crippen molar-refractivity contribution in [2.24, 2.45) is 0 Å². The largest absolute Gasteiger partial charge is 0.246 e. The Kier molecular flexibility index (Phi) is 2.46. The fraction of sp³-hybridized carbons (Fsp3) is 0. The van der Waals surface area contributed by atoms with E-state index in [2.05, 4.69) is 0 Å². The summed E-state index contributed by atoms with van der Waals surface area (Å²) in [4.78, 5) is 4.74. The molecule has 0 spiro atoms. The average Bonchev–Trinajstić information content (AvgIpc) is 2.80. The zero-order valence-electron chi connectivity index (χ0n) is 9.65. The summed E-state index contributed by atoms with van der Waals surface area (Å²) in [6.07, 6.45) is 0. The normalized spacial score (nSPS) is 11.7. The third kappa shape index (κ3) is 1.57. The van der Waals surface area contributed by atoms with E-state index in [9.17, 15) is 0 Å². The van der Waals surface area contributed by atoms with Gasteiger partial charge in [0.25, 0.3) is 0 Å². The molecule has 4 rings (SSSR count). The van der Waals surface area contributed by atoms with E-state index < -0.39 is 0 Å². The Morgan fingerprint density at radius 3 is 2.53 bits per heavy atom. The molecule has 0 amide bonds.